The lowest BCUT2D eigenvalue weighted by Gasteiger charge is -2.11. The lowest BCUT2D eigenvalue weighted by Crippen LogP contribution is -2.32. The molecule has 0 bridgehead atoms. The Balaban J connectivity index is 1.77. The molecule has 1 aromatic heterocycles. The average molecular weight is 334 g/mol. The van der Waals surface area contributed by atoms with Crippen molar-refractivity contribution in [1.82, 2.24) is 15.1 Å². The number of nitrogens with zero attached hydrogens (tertiary/aromatic N) is 2. The number of rotatable bonds is 5. The predicted molar refractivity (Wildman–Crippen MR) is 89.3 cm³/mol. The quantitative estimate of drug-likeness (QED) is 0.915. The molecule has 3 rings (SSSR count). The number of halogens is 1. The van der Waals surface area contributed by atoms with Gasteiger partial charge in [0.05, 0.1) is 29.2 Å². The summed E-state index contributed by atoms with van der Waals surface area (Å²) in [5.74, 6) is -0.0995. The summed E-state index contributed by atoms with van der Waals surface area (Å²) in [4.78, 5) is 12.4. The molecule has 0 unspecified atom stereocenters. The van der Waals surface area contributed by atoms with Gasteiger partial charge in [0.15, 0.2) is 0 Å². The Morgan fingerprint density at radius 2 is 2.22 bits per heavy atom. The van der Waals surface area contributed by atoms with Crippen LogP contribution in [0.5, 0.6) is 0 Å². The van der Waals surface area contributed by atoms with E-state index in [4.69, 9.17) is 16.3 Å². The highest BCUT2D eigenvalue weighted by atomic mass is 35.5. The third-order valence-electron chi connectivity index (χ3n) is 4.03. The van der Waals surface area contributed by atoms with E-state index >= 15 is 0 Å². The van der Waals surface area contributed by atoms with Crippen LogP contribution in [0.3, 0.4) is 0 Å². The van der Waals surface area contributed by atoms with Gasteiger partial charge in [-0.05, 0) is 43.5 Å². The van der Waals surface area contributed by atoms with Crippen molar-refractivity contribution in [2.24, 2.45) is 0 Å². The Bertz CT molecular complexity index is 676. The van der Waals surface area contributed by atoms with Crippen LogP contribution >= 0.6 is 11.6 Å². The summed E-state index contributed by atoms with van der Waals surface area (Å²) in [6.07, 6.45) is 4.54. The van der Waals surface area contributed by atoms with Crippen molar-refractivity contribution in [2.75, 3.05) is 13.2 Å². The summed E-state index contributed by atoms with van der Waals surface area (Å²) in [6, 6.07) is 7.41. The predicted octanol–water partition coefficient (Wildman–Crippen LogP) is 3.00. The minimum absolute atomic E-state index is 0.0995. The first kappa shape index (κ1) is 16.0. The molecule has 5 nitrogen and oxygen atoms in total. The van der Waals surface area contributed by atoms with Crippen LogP contribution in [-0.4, -0.2) is 34.9 Å². The van der Waals surface area contributed by atoms with Gasteiger partial charge in [0, 0.05) is 18.2 Å². The first-order chi connectivity index (χ1) is 11.2. The first-order valence-corrected chi connectivity index (χ1v) is 8.29. The molecule has 2 heterocycles. The zero-order valence-electron chi connectivity index (χ0n) is 13.1. The van der Waals surface area contributed by atoms with Gasteiger partial charge in [0.25, 0.3) is 5.91 Å². The molecule has 1 fully saturated rings. The minimum atomic E-state index is -0.0995. The molecular formula is C17H20ClN3O2. The smallest absolute Gasteiger partial charge is 0.254 e. The number of hydrogen-bond acceptors (Lipinski definition) is 3. The summed E-state index contributed by atoms with van der Waals surface area (Å²) >= 11 is 5.93. The van der Waals surface area contributed by atoms with Crippen molar-refractivity contribution >= 4 is 17.5 Å². The standard InChI is InChI=1S/C17H20ClN3O2/c1-2-16-15(17(22)19-10-14-4-3-9-23-14)11-20-21(16)13-7-5-12(18)6-8-13/h5-8,11,14H,2-4,9-10H2,1H3,(H,19,22)/t14-/m0/s1. The van der Waals surface area contributed by atoms with Gasteiger partial charge >= 0.3 is 0 Å². The van der Waals surface area contributed by atoms with Crippen molar-refractivity contribution < 1.29 is 9.53 Å². The van der Waals surface area contributed by atoms with Crippen molar-refractivity contribution in [2.45, 2.75) is 32.3 Å². The fourth-order valence-corrected chi connectivity index (χ4v) is 2.94. The summed E-state index contributed by atoms with van der Waals surface area (Å²) in [7, 11) is 0. The van der Waals surface area contributed by atoms with Crippen LogP contribution in [0.1, 0.15) is 35.8 Å². The highest BCUT2D eigenvalue weighted by Gasteiger charge is 2.20. The number of nitrogens with one attached hydrogen (secondary N) is 1. The van der Waals surface area contributed by atoms with Gasteiger partial charge in [0.2, 0.25) is 0 Å². The van der Waals surface area contributed by atoms with Crippen LogP contribution in [0.15, 0.2) is 30.5 Å². The topological polar surface area (TPSA) is 56.1 Å². The molecule has 1 N–H and O–H groups in total. The van der Waals surface area contributed by atoms with Gasteiger partial charge < -0.3 is 10.1 Å². The maximum Gasteiger partial charge on any atom is 0.254 e. The van der Waals surface area contributed by atoms with Gasteiger partial charge in [-0.1, -0.05) is 18.5 Å². The van der Waals surface area contributed by atoms with Crippen LogP contribution < -0.4 is 5.32 Å². The lowest BCUT2D eigenvalue weighted by atomic mass is 10.1. The van der Waals surface area contributed by atoms with E-state index in [0.29, 0.717) is 23.6 Å². The van der Waals surface area contributed by atoms with E-state index in [1.807, 2.05) is 31.2 Å². The number of benzene rings is 1. The average Bonchev–Trinajstić information content (AvgIpc) is 3.22. The number of aromatic nitrogens is 2. The van der Waals surface area contributed by atoms with E-state index < -0.39 is 0 Å². The third-order valence-corrected chi connectivity index (χ3v) is 4.29. The largest absolute Gasteiger partial charge is 0.376 e. The summed E-state index contributed by atoms with van der Waals surface area (Å²) in [5.41, 5.74) is 2.39. The van der Waals surface area contributed by atoms with E-state index in [1.165, 1.54) is 0 Å². The number of carbonyl (C=O) groups is 1. The van der Waals surface area contributed by atoms with Crippen molar-refractivity contribution in [3.8, 4) is 5.69 Å². The molecule has 2 aromatic rings. The van der Waals surface area contributed by atoms with E-state index in [2.05, 4.69) is 10.4 Å². The second kappa shape index (κ2) is 7.15. The van der Waals surface area contributed by atoms with Crippen molar-refractivity contribution in [3.05, 3.63) is 46.7 Å². The second-order valence-corrected chi connectivity index (χ2v) is 6.03. The summed E-state index contributed by atoms with van der Waals surface area (Å²) < 4.78 is 7.32. The Morgan fingerprint density at radius 1 is 1.43 bits per heavy atom. The molecule has 23 heavy (non-hydrogen) atoms. The van der Waals surface area contributed by atoms with Crippen LogP contribution in [-0.2, 0) is 11.2 Å². The monoisotopic (exact) mass is 333 g/mol. The van der Waals surface area contributed by atoms with Gasteiger partial charge in [0.1, 0.15) is 0 Å². The molecule has 0 aliphatic carbocycles. The van der Waals surface area contributed by atoms with Gasteiger partial charge in [-0.25, -0.2) is 4.68 Å². The van der Waals surface area contributed by atoms with Crippen molar-refractivity contribution in [1.29, 1.82) is 0 Å². The lowest BCUT2D eigenvalue weighted by molar-refractivity contribution is 0.0857. The van der Waals surface area contributed by atoms with Crippen LogP contribution in [0, 0.1) is 0 Å². The molecule has 0 radical (unpaired) electrons. The Hall–Kier alpha value is -1.85. The summed E-state index contributed by atoms with van der Waals surface area (Å²) in [6.45, 7) is 3.35. The molecule has 1 atom stereocenters. The SMILES string of the molecule is CCc1c(C(=O)NC[C@@H]2CCCO2)cnn1-c1ccc(Cl)cc1. The first-order valence-electron chi connectivity index (χ1n) is 7.91. The normalized spacial score (nSPS) is 17.4. The third kappa shape index (κ3) is 3.57. The Labute approximate surface area is 140 Å². The summed E-state index contributed by atoms with van der Waals surface area (Å²) in [5, 5.41) is 7.99. The molecule has 0 saturated carbocycles. The van der Waals surface area contributed by atoms with Crippen molar-refractivity contribution in [3.63, 3.8) is 0 Å². The number of amides is 1. The molecule has 122 valence electrons. The molecule has 1 aromatic carbocycles. The second-order valence-electron chi connectivity index (χ2n) is 5.59. The highest BCUT2D eigenvalue weighted by Crippen LogP contribution is 2.18. The van der Waals surface area contributed by atoms with Gasteiger partial charge in [-0.2, -0.15) is 5.10 Å². The maximum atomic E-state index is 12.4. The van der Waals surface area contributed by atoms with E-state index in [-0.39, 0.29) is 12.0 Å². The molecular weight excluding hydrogens is 314 g/mol. The number of ether oxygens (including phenoxy) is 1. The molecule has 0 spiro atoms. The highest BCUT2D eigenvalue weighted by molar-refractivity contribution is 6.30. The molecule has 1 amide bonds. The molecule has 1 saturated heterocycles. The zero-order valence-corrected chi connectivity index (χ0v) is 13.8. The van der Waals surface area contributed by atoms with Gasteiger partial charge in [-0.3, -0.25) is 4.79 Å². The fourth-order valence-electron chi connectivity index (χ4n) is 2.82. The Morgan fingerprint density at radius 3 is 2.87 bits per heavy atom. The number of carbonyl (C=O) groups excluding carboxylic acids is 1. The molecule has 6 heteroatoms. The zero-order chi connectivity index (χ0) is 16.2. The van der Waals surface area contributed by atoms with Crippen LogP contribution in [0.2, 0.25) is 5.02 Å². The van der Waals surface area contributed by atoms with Crippen LogP contribution in [0.25, 0.3) is 5.69 Å². The molecule has 1 aliphatic rings. The maximum absolute atomic E-state index is 12.4. The fraction of sp³-hybridized carbons (Fsp3) is 0.412. The van der Waals surface area contributed by atoms with E-state index in [1.54, 1.807) is 10.9 Å². The van der Waals surface area contributed by atoms with E-state index in [0.717, 1.165) is 30.8 Å². The molecule has 1 aliphatic heterocycles. The Kier molecular flexibility index (Phi) is 4.98. The van der Waals surface area contributed by atoms with E-state index in [9.17, 15) is 4.79 Å². The minimum Gasteiger partial charge on any atom is -0.376 e. The van der Waals surface area contributed by atoms with Gasteiger partial charge in [-0.15, -0.1) is 0 Å². The number of hydrogen-bond donors (Lipinski definition) is 1. The van der Waals surface area contributed by atoms with Crippen LogP contribution in [0.4, 0.5) is 0 Å².